The number of carbonyl (C=O) groups excluding carboxylic acids is 3. The van der Waals surface area contributed by atoms with Crippen molar-refractivity contribution in [2.75, 3.05) is 6.54 Å². The van der Waals surface area contributed by atoms with Crippen LogP contribution in [0.3, 0.4) is 0 Å². The number of aliphatic imine (C=N–C) groups is 1. The molecule has 3 aliphatic heterocycles. The number of hydrogen-bond donors (Lipinski definition) is 2. The van der Waals surface area contributed by atoms with E-state index in [9.17, 15) is 19.5 Å². The van der Waals surface area contributed by atoms with Crippen LogP contribution in [-0.2, 0) is 21.7 Å². The van der Waals surface area contributed by atoms with Crippen molar-refractivity contribution < 1.29 is 19.5 Å². The molecule has 1 aromatic heterocycles. The topological polar surface area (TPSA) is 115 Å². The molecule has 0 aliphatic carbocycles. The maximum atomic E-state index is 14.1. The van der Waals surface area contributed by atoms with E-state index < -0.39 is 23.7 Å². The number of aliphatic hydroxyl groups is 1. The fraction of sp³-hybridized carbons (Fsp3) is 0.387. The predicted molar refractivity (Wildman–Crippen MR) is 156 cm³/mol. The predicted octanol–water partition coefficient (Wildman–Crippen LogP) is 3.50. The first-order valence-corrected chi connectivity index (χ1v) is 14.8. The van der Waals surface area contributed by atoms with E-state index in [1.54, 1.807) is 34.1 Å². The van der Waals surface area contributed by atoms with Crippen molar-refractivity contribution in [2.45, 2.75) is 64.4 Å². The smallest absolute Gasteiger partial charge is 0.277 e. The molecule has 2 aromatic carbocycles. The van der Waals surface area contributed by atoms with Gasteiger partial charge in [-0.2, -0.15) is 4.99 Å². The van der Waals surface area contributed by atoms with Gasteiger partial charge in [-0.3, -0.25) is 14.4 Å². The summed E-state index contributed by atoms with van der Waals surface area (Å²) < 4.78 is 0. The van der Waals surface area contributed by atoms with Crippen molar-refractivity contribution >= 4 is 34.9 Å². The number of nitrogens with one attached hydrogen (secondary N) is 1. The molecular formula is C31H33N5O4S. The summed E-state index contributed by atoms with van der Waals surface area (Å²) in [5.74, 6) is -0.570. The Morgan fingerprint density at radius 3 is 2.54 bits per heavy atom. The van der Waals surface area contributed by atoms with Gasteiger partial charge < -0.3 is 20.2 Å². The Bertz CT molecular complexity index is 1560. The largest absolute Gasteiger partial charge is 0.391 e. The van der Waals surface area contributed by atoms with E-state index in [0.717, 1.165) is 27.3 Å². The highest BCUT2D eigenvalue weighted by Crippen LogP contribution is 2.34. The summed E-state index contributed by atoms with van der Waals surface area (Å²) in [6.07, 6.45) is -0.514. The number of fused-ring (bicyclic) bond motifs is 1. The highest BCUT2D eigenvalue weighted by Gasteiger charge is 2.49. The minimum absolute atomic E-state index is 0.107. The van der Waals surface area contributed by atoms with Gasteiger partial charge in [-0.05, 0) is 42.5 Å². The van der Waals surface area contributed by atoms with Crippen molar-refractivity contribution in [1.82, 2.24) is 20.1 Å². The van der Waals surface area contributed by atoms with Gasteiger partial charge in [0, 0.05) is 25.1 Å². The van der Waals surface area contributed by atoms with Gasteiger partial charge in [-0.15, -0.1) is 11.3 Å². The molecule has 6 rings (SSSR count). The van der Waals surface area contributed by atoms with Crippen LogP contribution in [0, 0.1) is 12.8 Å². The molecule has 4 atom stereocenters. The van der Waals surface area contributed by atoms with Crippen LogP contribution >= 0.6 is 11.3 Å². The van der Waals surface area contributed by atoms with Gasteiger partial charge >= 0.3 is 0 Å². The van der Waals surface area contributed by atoms with Crippen molar-refractivity contribution in [3.63, 3.8) is 0 Å². The van der Waals surface area contributed by atoms with Crippen molar-refractivity contribution in [1.29, 1.82) is 0 Å². The molecule has 212 valence electrons. The number of benzene rings is 2. The molecule has 1 fully saturated rings. The van der Waals surface area contributed by atoms with Crippen molar-refractivity contribution in [2.24, 2.45) is 10.9 Å². The third kappa shape index (κ3) is 4.55. The second-order valence-electron chi connectivity index (χ2n) is 11.6. The van der Waals surface area contributed by atoms with Crippen LogP contribution in [0.25, 0.3) is 10.4 Å². The number of amidine groups is 1. The Kier molecular flexibility index (Phi) is 6.78. The van der Waals surface area contributed by atoms with Gasteiger partial charge in [-0.1, -0.05) is 56.3 Å². The van der Waals surface area contributed by atoms with E-state index in [1.807, 2.05) is 68.7 Å². The normalized spacial score (nSPS) is 24.6. The lowest BCUT2D eigenvalue weighted by Crippen LogP contribution is -2.56. The molecule has 3 aliphatic rings. The van der Waals surface area contributed by atoms with E-state index in [4.69, 9.17) is 0 Å². The van der Waals surface area contributed by atoms with Crippen LogP contribution in [0.2, 0.25) is 0 Å². The highest BCUT2D eigenvalue weighted by molar-refractivity contribution is 7.13. The minimum Gasteiger partial charge on any atom is -0.391 e. The molecule has 0 radical (unpaired) electrons. The summed E-state index contributed by atoms with van der Waals surface area (Å²) in [6, 6.07) is 13.9. The number of aromatic nitrogens is 1. The molecular weight excluding hydrogens is 538 g/mol. The third-order valence-electron chi connectivity index (χ3n) is 8.45. The molecule has 41 heavy (non-hydrogen) atoms. The maximum absolute atomic E-state index is 14.1. The lowest BCUT2D eigenvalue weighted by atomic mass is 9.91. The number of aliphatic hydroxyl groups excluding tert-OH is 1. The number of carbonyl (C=O) groups is 3. The second-order valence-corrected chi connectivity index (χ2v) is 12.4. The Hall–Kier alpha value is -3.89. The zero-order valence-corrected chi connectivity index (χ0v) is 24.3. The van der Waals surface area contributed by atoms with Crippen LogP contribution in [-0.4, -0.2) is 68.2 Å². The molecule has 0 saturated carbocycles. The summed E-state index contributed by atoms with van der Waals surface area (Å²) in [5.41, 5.74) is 4.95. The highest BCUT2D eigenvalue weighted by atomic mass is 32.1. The molecule has 1 saturated heterocycles. The van der Waals surface area contributed by atoms with Gasteiger partial charge in [0.15, 0.2) is 0 Å². The SMILES string of the molecule is Cc1ncsc1-c1ccc([C@@]2(C)NC(C3CC(O)CN3C(=O)C(C(C)C)N3Cc4ccccc4C3=O)=NC2=O)cc1. The van der Waals surface area contributed by atoms with E-state index in [1.165, 1.54) is 0 Å². The molecule has 2 N–H and O–H groups in total. The van der Waals surface area contributed by atoms with E-state index in [2.05, 4.69) is 15.3 Å². The number of nitrogens with zero attached hydrogens (tertiary/aromatic N) is 4. The quantitative estimate of drug-likeness (QED) is 0.468. The standard InChI is InChI=1S/C31H33N5O4S/c1-17(2)25(36-14-20-7-5-6-8-23(20)28(36)38)29(39)35-15-22(37)13-24(35)27-33-30(40)31(4,34-27)21-11-9-19(10-12-21)26-18(3)32-16-41-26/h5-12,16-17,22,24-25,37H,13-15H2,1-4H3,(H,33,34,40)/t22?,24?,25?,31-/m1/s1. The van der Waals surface area contributed by atoms with E-state index in [0.29, 0.717) is 17.9 Å². The minimum atomic E-state index is -1.11. The molecule has 0 spiro atoms. The summed E-state index contributed by atoms with van der Waals surface area (Å²) in [7, 11) is 0. The molecule has 3 aromatic rings. The number of thiazole rings is 1. The lowest BCUT2D eigenvalue weighted by Gasteiger charge is -2.36. The molecule has 10 heteroatoms. The summed E-state index contributed by atoms with van der Waals surface area (Å²) in [5, 5.41) is 14.0. The number of β-amino-alcohol motifs (C(OH)–C–C–N with tert-alkyl or cyclic N) is 1. The Morgan fingerprint density at radius 1 is 1.15 bits per heavy atom. The van der Waals surface area contributed by atoms with Crippen LogP contribution in [0.4, 0.5) is 0 Å². The van der Waals surface area contributed by atoms with Gasteiger partial charge in [0.1, 0.15) is 17.4 Å². The summed E-state index contributed by atoms with van der Waals surface area (Å²) in [6.45, 7) is 8.06. The van der Waals surface area contributed by atoms with Crippen LogP contribution in [0.1, 0.15) is 54.4 Å². The Labute approximate surface area is 242 Å². The molecule has 3 unspecified atom stereocenters. The number of rotatable bonds is 6. The van der Waals surface area contributed by atoms with Gasteiger partial charge in [0.25, 0.3) is 11.8 Å². The first-order chi connectivity index (χ1) is 19.6. The number of likely N-dealkylation sites (tertiary alicyclic amines) is 1. The fourth-order valence-corrected chi connectivity index (χ4v) is 7.02. The average molecular weight is 572 g/mol. The maximum Gasteiger partial charge on any atom is 0.277 e. The van der Waals surface area contributed by atoms with Crippen LogP contribution in [0.15, 0.2) is 59.0 Å². The Balaban J connectivity index is 1.24. The molecule has 3 amide bonds. The molecule has 0 bridgehead atoms. The zero-order valence-electron chi connectivity index (χ0n) is 23.5. The third-order valence-corrected chi connectivity index (χ3v) is 9.42. The van der Waals surface area contributed by atoms with Gasteiger partial charge in [-0.25, -0.2) is 4.98 Å². The first-order valence-electron chi connectivity index (χ1n) is 13.9. The zero-order chi connectivity index (χ0) is 29.1. The van der Waals surface area contributed by atoms with Crippen molar-refractivity contribution in [3.8, 4) is 10.4 Å². The van der Waals surface area contributed by atoms with Gasteiger partial charge in [0.05, 0.1) is 28.2 Å². The first kappa shape index (κ1) is 27.3. The molecule has 4 heterocycles. The van der Waals surface area contributed by atoms with Crippen LogP contribution < -0.4 is 5.32 Å². The van der Waals surface area contributed by atoms with Gasteiger partial charge in [0.2, 0.25) is 5.91 Å². The van der Waals surface area contributed by atoms with E-state index >= 15 is 0 Å². The Morgan fingerprint density at radius 2 is 1.88 bits per heavy atom. The van der Waals surface area contributed by atoms with Crippen molar-refractivity contribution in [3.05, 3.63) is 76.4 Å². The summed E-state index contributed by atoms with van der Waals surface area (Å²) in [4.78, 5) is 53.7. The molecule has 9 nitrogen and oxygen atoms in total. The van der Waals surface area contributed by atoms with E-state index in [-0.39, 0.29) is 36.6 Å². The van der Waals surface area contributed by atoms with Crippen LogP contribution in [0.5, 0.6) is 0 Å². The number of hydrogen-bond acceptors (Lipinski definition) is 7. The lowest BCUT2D eigenvalue weighted by molar-refractivity contribution is -0.138. The number of amides is 3. The second kappa shape index (κ2) is 10.2. The number of aryl methyl sites for hydroxylation is 1. The average Bonchev–Trinajstić information content (AvgIpc) is 3.71. The summed E-state index contributed by atoms with van der Waals surface area (Å²) >= 11 is 1.57. The fourth-order valence-electron chi connectivity index (χ4n) is 6.21. The monoisotopic (exact) mass is 571 g/mol.